The maximum Gasteiger partial charge on any atom is 0.224 e. The quantitative estimate of drug-likeness (QED) is 0.841. The van der Waals surface area contributed by atoms with Gasteiger partial charge in [-0.05, 0) is 57.5 Å². The first kappa shape index (κ1) is 17.0. The normalized spacial score (nSPS) is 15.2. The number of nitrogens with one attached hydrogen (secondary N) is 1. The Labute approximate surface area is 144 Å². The lowest BCUT2D eigenvalue weighted by atomic mass is 10.2. The largest absolute Gasteiger partial charge is 0.327 e. The van der Waals surface area contributed by atoms with Gasteiger partial charge in [0.2, 0.25) is 5.91 Å². The molecule has 24 heavy (non-hydrogen) atoms. The van der Waals surface area contributed by atoms with Crippen molar-refractivity contribution in [3.63, 3.8) is 0 Å². The summed E-state index contributed by atoms with van der Waals surface area (Å²) >= 11 is 0. The van der Waals surface area contributed by atoms with Crippen LogP contribution in [-0.2, 0) is 17.9 Å². The number of hydrogen-bond donors (Lipinski definition) is 1. The van der Waals surface area contributed by atoms with Gasteiger partial charge in [0.25, 0.3) is 0 Å². The van der Waals surface area contributed by atoms with Crippen molar-refractivity contribution in [2.45, 2.75) is 59.0 Å². The van der Waals surface area contributed by atoms with Crippen LogP contribution >= 0.6 is 0 Å². The lowest BCUT2D eigenvalue weighted by molar-refractivity contribution is -0.116. The predicted molar refractivity (Wildman–Crippen MR) is 98.1 cm³/mol. The fourth-order valence-corrected chi connectivity index (χ4v) is 3.43. The van der Waals surface area contributed by atoms with E-state index in [9.17, 15) is 4.79 Å². The molecule has 0 unspecified atom stereocenters. The van der Waals surface area contributed by atoms with Gasteiger partial charge in [-0.25, -0.2) is 4.98 Å². The molecule has 1 N–H and O–H groups in total. The van der Waals surface area contributed by atoms with Crippen LogP contribution < -0.4 is 5.32 Å². The summed E-state index contributed by atoms with van der Waals surface area (Å²) in [6.07, 6.45) is 5.13. The lowest BCUT2D eigenvalue weighted by Gasteiger charge is -2.14. The van der Waals surface area contributed by atoms with Gasteiger partial charge in [-0.1, -0.05) is 13.3 Å². The number of aryl methyl sites for hydroxylation is 1. The molecule has 5 heteroatoms. The van der Waals surface area contributed by atoms with Gasteiger partial charge < -0.3 is 9.88 Å². The molecule has 1 aliphatic rings. The lowest BCUT2D eigenvalue weighted by Crippen LogP contribution is -2.21. The molecule has 0 bridgehead atoms. The number of rotatable bonds is 7. The van der Waals surface area contributed by atoms with Crippen LogP contribution in [0.4, 0.5) is 5.69 Å². The molecule has 0 saturated carbocycles. The number of benzene rings is 1. The van der Waals surface area contributed by atoms with E-state index in [2.05, 4.69) is 34.7 Å². The van der Waals surface area contributed by atoms with Crippen molar-refractivity contribution in [1.82, 2.24) is 14.5 Å². The Morgan fingerprint density at radius 1 is 1.25 bits per heavy atom. The van der Waals surface area contributed by atoms with E-state index >= 15 is 0 Å². The topological polar surface area (TPSA) is 50.2 Å². The van der Waals surface area contributed by atoms with Gasteiger partial charge in [-0.15, -0.1) is 0 Å². The SMILES string of the molecule is CCCCC(=O)Nc1ccc2c(c1)nc(CN1CCCC1)n2CC. The highest BCUT2D eigenvalue weighted by molar-refractivity contribution is 5.93. The molecular formula is C19H28N4O. The summed E-state index contributed by atoms with van der Waals surface area (Å²) in [7, 11) is 0. The number of fused-ring (bicyclic) bond motifs is 1. The van der Waals surface area contributed by atoms with Crippen LogP contribution in [0.2, 0.25) is 0 Å². The number of hydrogen-bond acceptors (Lipinski definition) is 3. The molecule has 1 aliphatic heterocycles. The van der Waals surface area contributed by atoms with E-state index < -0.39 is 0 Å². The average molecular weight is 328 g/mol. The summed E-state index contributed by atoms with van der Waals surface area (Å²) < 4.78 is 2.29. The van der Waals surface area contributed by atoms with Crippen LogP contribution in [0.15, 0.2) is 18.2 Å². The minimum absolute atomic E-state index is 0.0865. The molecule has 3 rings (SSSR count). The molecule has 0 aliphatic carbocycles. The minimum atomic E-state index is 0.0865. The number of nitrogens with zero attached hydrogens (tertiary/aromatic N) is 3. The van der Waals surface area contributed by atoms with Crippen LogP contribution in [0.5, 0.6) is 0 Å². The molecule has 2 heterocycles. The van der Waals surface area contributed by atoms with Gasteiger partial charge in [0.15, 0.2) is 0 Å². The molecule has 1 aromatic heterocycles. The Morgan fingerprint density at radius 3 is 2.75 bits per heavy atom. The van der Waals surface area contributed by atoms with Gasteiger partial charge in [0.1, 0.15) is 5.82 Å². The Balaban J connectivity index is 1.79. The summed E-state index contributed by atoms with van der Waals surface area (Å²) in [5, 5.41) is 2.99. The first-order valence-corrected chi connectivity index (χ1v) is 9.22. The van der Waals surface area contributed by atoms with Crippen molar-refractivity contribution >= 4 is 22.6 Å². The first-order chi connectivity index (χ1) is 11.7. The molecule has 1 aromatic carbocycles. The molecule has 2 aromatic rings. The molecule has 1 fully saturated rings. The molecule has 0 atom stereocenters. The standard InChI is InChI=1S/C19H28N4O/c1-3-5-8-19(24)20-15-9-10-17-16(13-15)21-18(23(17)4-2)14-22-11-6-7-12-22/h9-10,13H,3-8,11-12,14H2,1-2H3,(H,20,24). The summed E-state index contributed by atoms with van der Waals surface area (Å²) in [5.74, 6) is 1.22. The summed E-state index contributed by atoms with van der Waals surface area (Å²) in [5.41, 5.74) is 2.97. The number of carbonyl (C=O) groups is 1. The number of aromatic nitrogens is 2. The smallest absolute Gasteiger partial charge is 0.224 e. The van der Waals surface area contributed by atoms with E-state index in [1.807, 2.05) is 12.1 Å². The van der Waals surface area contributed by atoms with Crippen LogP contribution in [0.3, 0.4) is 0 Å². The molecule has 1 saturated heterocycles. The number of likely N-dealkylation sites (tertiary alicyclic amines) is 1. The second-order valence-electron chi connectivity index (χ2n) is 6.61. The Morgan fingerprint density at radius 2 is 2.04 bits per heavy atom. The van der Waals surface area contributed by atoms with Gasteiger partial charge >= 0.3 is 0 Å². The first-order valence-electron chi connectivity index (χ1n) is 9.22. The van der Waals surface area contributed by atoms with Crippen LogP contribution in [0.1, 0.15) is 51.8 Å². The number of imidazole rings is 1. The van der Waals surface area contributed by atoms with E-state index in [-0.39, 0.29) is 5.91 Å². The second-order valence-corrected chi connectivity index (χ2v) is 6.61. The Hall–Kier alpha value is -1.88. The molecule has 0 spiro atoms. The molecule has 0 radical (unpaired) electrons. The zero-order valence-electron chi connectivity index (χ0n) is 14.8. The van der Waals surface area contributed by atoms with Gasteiger partial charge in [0.05, 0.1) is 17.6 Å². The van der Waals surface area contributed by atoms with Crippen molar-refractivity contribution in [1.29, 1.82) is 0 Å². The highest BCUT2D eigenvalue weighted by Crippen LogP contribution is 2.22. The highest BCUT2D eigenvalue weighted by atomic mass is 16.1. The number of anilines is 1. The predicted octanol–water partition coefficient (Wildman–Crippen LogP) is 3.78. The summed E-state index contributed by atoms with van der Waals surface area (Å²) in [4.78, 5) is 19.2. The van der Waals surface area contributed by atoms with E-state index in [0.29, 0.717) is 6.42 Å². The number of unbranched alkanes of at least 4 members (excludes halogenated alkanes) is 1. The summed E-state index contributed by atoms with van der Waals surface area (Å²) in [6, 6.07) is 6.06. The molecule has 5 nitrogen and oxygen atoms in total. The average Bonchev–Trinajstić information content (AvgIpc) is 3.19. The minimum Gasteiger partial charge on any atom is -0.327 e. The van der Waals surface area contributed by atoms with Gasteiger partial charge in [0, 0.05) is 18.7 Å². The second kappa shape index (κ2) is 7.79. The van der Waals surface area contributed by atoms with Gasteiger partial charge in [-0.3, -0.25) is 9.69 Å². The zero-order chi connectivity index (χ0) is 16.9. The van der Waals surface area contributed by atoms with E-state index in [1.165, 1.54) is 25.9 Å². The van der Waals surface area contributed by atoms with Crippen LogP contribution in [-0.4, -0.2) is 33.4 Å². The zero-order valence-corrected chi connectivity index (χ0v) is 14.8. The van der Waals surface area contributed by atoms with E-state index in [1.54, 1.807) is 0 Å². The maximum absolute atomic E-state index is 11.9. The third kappa shape index (κ3) is 3.78. The van der Waals surface area contributed by atoms with Crippen LogP contribution in [0, 0.1) is 0 Å². The molecular weight excluding hydrogens is 300 g/mol. The number of amides is 1. The maximum atomic E-state index is 11.9. The molecule has 130 valence electrons. The molecule has 1 amide bonds. The highest BCUT2D eigenvalue weighted by Gasteiger charge is 2.17. The monoisotopic (exact) mass is 328 g/mol. The third-order valence-corrected chi connectivity index (χ3v) is 4.75. The van der Waals surface area contributed by atoms with Crippen molar-refractivity contribution in [2.75, 3.05) is 18.4 Å². The fourth-order valence-electron chi connectivity index (χ4n) is 3.43. The van der Waals surface area contributed by atoms with Crippen molar-refractivity contribution < 1.29 is 4.79 Å². The van der Waals surface area contributed by atoms with Gasteiger partial charge in [-0.2, -0.15) is 0 Å². The van der Waals surface area contributed by atoms with Crippen molar-refractivity contribution in [3.8, 4) is 0 Å². The third-order valence-electron chi connectivity index (χ3n) is 4.75. The van der Waals surface area contributed by atoms with Crippen molar-refractivity contribution in [2.24, 2.45) is 0 Å². The fraction of sp³-hybridized carbons (Fsp3) is 0.579. The Bertz CT molecular complexity index is 701. The van der Waals surface area contributed by atoms with Crippen LogP contribution in [0.25, 0.3) is 11.0 Å². The van der Waals surface area contributed by atoms with Crippen molar-refractivity contribution in [3.05, 3.63) is 24.0 Å². The Kier molecular flexibility index (Phi) is 5.51. The van der Waals surface area contributed by atoms with E-state index in [4.69, 9.17) is 4.98 Å². The van der Waals surface area contributed by atoms with E-state index in [0.717, 1.165) is 48.5 Å². The summed E-state index contributed by atoms with van der Waals surface area (Å²) in [6.45, 7) is 8.44. The number of carbonyl (C=O) groups excluding carboxylic acids is 1.